The number of hydrogen-bond donors (Lipinski definition) is 1. The molecule has 0 bridgehead atoms. The molecule has 1 aromatic rings. The number of carbonyl (C=O) groups is 1. The predicted molar refractivity (Wildman–Crippen MR) is 82.2 cm³/mol. The number of nitrogens with zero attached hydrogens (tertiary/aromatic N) is 1. The van der Waals surface area contributed by atoms with Crippen molar-refractivity contribution in [2.75, 3.05) is 18.8 Å². The highest BCUT2D eigenvalue weighted by atomic mass is 79.9. The van der Waals surface area contributed by atoms with Gasteiger partial charge in [0.05, 0.1) is 6.54 Å². The highest BCUT2D eigenvalue weighted by molar-refractivity contribution is 8.93. The van der Waals surface area contributed by atoms with Crippen LogP contribution in [0.1, 0.15) is 22.8 Å². The normalized spacial score (nSPS) is 14.5. The average Bonchev–Trinajstić information content (AvgIpc) is 2.75. The summed E-state index contributed by atoms with van der Waals surface area (Å²) in [4.78, 5) is 13.8. The lowest BCUT2D eigenvalue weighted by molar-refractivity contribution is 0.0966. The van der Waals surface area contributed by atoms with Gasteiger partial charge in [0.2, 0.25) is 0 Å². The Balaban J connectivity index is 0.00000162. The van der Waals surface area contributed by atoms with Crippen LogP contribution in [-0.4, -0.2) is 34.7 Å². The first-order valence-corrected chi connectivity index (χ1v) is 6.77. The second-order valence-corrected chi connectivity index (χ2v) is 5.13. The number of aryl methyl sites for hydroxylation is 1. The average molecular weight is 329 g/mol. The van der Waals surface area contributed by atoms with Crippen LogP contribution in [-0.2, 0) is 6.42 Å². The highest BCUT2D eigenvalue weighted by Crippen LogP contribution is 2.16. The maximum Gasteiger partial charge on any atom is 0.182 e. The summed E-state index contributed by atoms with van der Waals surface area (Å²) < 4.78 is 0. The van der Waals surface area contributed by atoms with Crippen LogP contribution in [0.3, 0.4) is 0 Å². The lowest BCUT2D eigenvalue weighted by atomic mass is 10.1. The molecule has 0 aliphatic carbocycles. The molecule has 0 saturated carbocycles. The Kier molecular flexibility index (Phi) is 5.88. The van der Waals surface area contributed by atoms with Gasteiger partial charge < -0.3 is 4.90 Å². The maximum atomic E-state index is 12.0. The molecule has 0 radical (unpaired) electrons. The Morgan fingerprint density at radius 1 is 1.39 bits per heavy atom. The maximum absolute atomic E-state index is 12.0. The molecule has 0 atom stereocenters. The summed E-state index contributed by atoms with van der Waals surface area (Å²) in [6.07, 6.45) is 0.988. The number of benzene rings is 1. The third kappa shape index (κ3) is 3.59. The van der Waals surface area contributed by atoms with E-state index in [1.54, 1.807) is 0 Å². The number of hydrogen-bond acceptors (Lipinski definition) is 3. The van der Waals surface area contributed by atoms with E-state index in [1.807, 2.05) is 29.2 Å². The van der Waals surface area contributed by atoms with Crippen molar-refractivity contribution in [1.82, 2.24) is 4.90 Å². The largest absolute Gasteiger partial charge is 0.343 e. The van der Waals surface area contributed by atoms with Gasteiger partial charge in [-0.3, -0.25) is 10.2 Å². The quantitative estimate of drug-likeness (QED) is 0.864. The minimum absolute atomic E-state index is 0. The number of nitrogens with one attached hydrogen (secondary N) is 1. The number of halogens is 1. The topological polar surface area (TPSA) is 44.2 Å². The van der Waals surface area contributed by atoms with E-state index in [0.717, 1.165) is 24.3 Å². The summed E-state index contributed by atoms with van der Waals surface area (Å²) in [5, 5.41) is 8.18. The minimum atomic E-state index is 0. The Morgan fingerprint density at radius 2 is 2.06 bits per heavy atom. The van der Waals surface area contributed by atoms with E-state index in [2.05, 4.69) is 6.92 Å². The van der Waals surface area contributed by atoms with Crippen molar-refractivity contribution in [2.45, 2.75) is 13.3 Å². The first-order valence-electron chi connectivity index (χ1n) is 5.79. The number of Topliss-reactive ketones (excluding diaryl/α,β-unsaturated/α-hetero) is 1. The van der Waals surface area contributed by atoms with Gasteiger partial charge in [0.1, 0.15) is 0 Å². The molecular weight excluding hydrogens is 312 g/mol. The van der Waals surface area contributed by atoms with Gasteiger partial charge in [-0.2, -0.15) is 0 Å². The fourth-order valence-corrected chi connectivity index (χ4v) is 2.63. The molecule has 1 N–H and O–H groups in total. The Labute approximate surface area is 122 Å². The van der Waals surface area contributed by atoms with Gasteiger partial charge in [-0.25, -0.2) is 0 Å². The zero-order valence-corrected chi connectivity index (χ0v) is 12.8. The van der Waals surface area contributed by atoms with Gasteiger partial charge in [0.15, 0.2) is 11.0 Å². The molecule has 1 aliphatic heterocycles. The van der Waals surface area contributed by atoms with Crippen molar-refractivity contribution in [3.05, 3.63) is 35.4 Å². The number of ketones is 1. The van der Waals surface area contributed by atoms with Crippen LogP contribution in [0, 0.1) is 5.41 Å². The summed E-state index contributed by atoms with van der Waals surface area (Å²) in [7, 11) is 0. The van der Waals surface area contributed by atoms with Gasteiger partial charge in [-0.1, -0.05) is 43.0 Å². The van der Waals surface area contributed by atoms with Gasteiger partial charge in [0.25, 0.3) is 0 Å². The second kappa shape index (κ2) is 6.95. The molecule has 18 heavy (non-hydrogen) atoms. The molecule has 1 saturated heterocycles. The van der Waals surface area contributed by atoms with Crippen molar-refractivity contribution in [2.24, 2.45) is 0 Å². The molecule has 1 aliphatic rings. The van der Waals surface area contributed by atoms with Crippen LogP contribution >= 0.6 is 28.7 Å². The molecular formula is C13H17BrN2OS. The predicted octanol–water partition coefficient (Wildman–Crippen LogP) is 2.99. The van der Waals surface area contributed by atoms with Gasteiger partial charge >= 0.3 is 0 Å². The molecule has 98 valence electrons. The lowest BCUT2D eigenvalue weighted by Crippen LogP contribution is -2.30. The van der Waals surface area contributed by atoms with E-state index < -0.39 is 0 Å². The van der Waals surface area contributed by atoms with Gasteiger partial charge in [-0.05, 0) is 12.0 Å². The van der Waals surface area contributed by atoms with Crippen LogP contribution in [0.5, 0.6) is 0 Å². The van der Waals surface area contributed by atoms with Crippen LogP contribution in [0.25, 0.3) is 0 Å². The second-order valence-electron chi connectivity index (χ2n) is 4.05. The van der Waals surface area contributed by atoms with E-state index in [-0.39, 0.29) is 22.8 Å². The van der Waals surface area contributed by atoms with Gasteiger partial charge in [0, 0.05) is 17.9 Å². The van der Waals surface area contributed by atoms with Crippen molar-refractivity contribution in [1.29, 1.82) is 5.41 Å². The fourth-order valence-electron chi connectivity index (χ4n) is 1.79. The zero-order chi connectivity index (χ0) is 12.3. The number of amidine groups is 1. The van der Waals surface area contributed by atoms with Gasteiger partial charge in [-0.15, -0.1) is 17.0 Å². The first kappa shape index (κ1) is 15.2. The summed E-state index contributed by atoms with van der Waals surface area (Å²) in [5.41, 5.74) is 1.98. The van der Waals surface area contributed by atoms with Crippen molar-refractivity contribution in [3.63, 3.8) is 0 Å². The molecule has 3 nitrogen and oxygen atoms in total. The Bertz CT molecular complexity index is 433. The molecule has 0 spiro atoms. The van der Waals surface area contributed by atoms with E-state index in [9.17, 15) is 4.79 Å². The Morgan fingerprint density at radius 3 is 2.56 bits per heavy atom. The molecule has 1 heterocycles. The van der Waals surface area contributed by atoms with Crippen molar-refractivity contribution >= 4 is 39.7 Å². The highest BCUT2D eigenvalue weighted by Gasteiger charge is 2.20. The third-order valence-electron chi connectivity index (χ3n) is 2.91. The number of rotatable bonds is 4. The summed E-state index contributed by atoms with van der Waals surface area (Å²) in [6.45, 7) is 3.24. The van der Waals surface area contributed by atoms with E-state index in [0.29, 0.717) is 11.7 Å². The zero-order valence-electron chi connectivity index (χ0n) is 10.3. The van der Waals surface area contributed by atoms with Crippen LogP contribution in [0.2, 0.25) is 0 Å². The summed E-state index contributed by atoms with van der Waals surface area (Å²) in [6, 6.07) is 7.76. The standard InChI is InChI=1S/C13H16N2OS.BrH/c1-2-10-3-5-11(6-4-10)12(16)9-15-7-8-17-13(15)14;/h3-6,14H,2,7-9H2,1H3;1H. The SMILES string of the molecule is Br.CCc1ccc(C(=O)CN2CCSC2=N)cc1. The Hall–Kier alpha value is -0.810. The van der Waals surface area contributed by atoms with E-state index in [1.165, 1.54) is 17.3 Å². The summed E-state index contributed by atoms with van der Waals surface area (Å²) >= 11 is 1.51. The van der Waals surface area contributed by atoms with Crippen molar-refractivity contribution < 1.29 is 4.79 Å². The van der Waals surface area contributed by atoms with Crippen LogP contribution < -0.4 is 0 Å². The van der Waals surface area contributed by atoms with Crippen LogP contribution in [0.15, 0.2) is 24.3 Å². The number of carbonyl (C=O) groups excluding carboxylic acids is 1. The van der Waals surface area contributed by atoms with E-state index >= 15 is 0 Å². The molecule has 0 amide bonds. The molecule has 0 aromatic heterocycles. The minimum Gasteiger partial charge on any atom is -0.343 e. The number of thioether (sulfide) groups is 1. The molecule has 5 heteroatoms. The van der Waals surface area contributed by atoms with Crippen LogP contribution in [0.4, 0.5) is 0 Å². The fraction of sp³-hybridized carbons (Fsp3) is 0.385. The third-order valence-corrected chi connectivity index (χ3v) is 3.82. The smallest absolute Gasteiger partial charge is 0.182 e. The molecule has 1 fully saturated rings. The molecule has 2 rings (SSSR count). The first-order chi connectivity index (χ1) is 8.20. The molecule has 1 aromatic carbocycles. The molecule has 0 unspecified atom stereocenters. The van der Waals surface area contributed by atoms with E-state index in [4.69, 9.17) is 5.41 Å². The monoisotopic (exact) mass is 328 g/mol. The van der Waals surface area contributed by atoms with Crippen molar-refractivity contribution in [3.8, 4) is 0 Å². The summed E-state index contributed by atoms with van der Waals surface area (Å²) in [5.74, 6) is 1.01. The lowest BCUT2D eigenvalue weighted by Gasteiger charge is -2.15.